The molecule has 2 aliphatic carbocycles. The van der Waals surface area contributed by atoms with E-state index in [4.69, 9.17) is 38.4 Å². The number of ether oxygens (including phenoxy) is 6. The summed E-state index contributed by atoms with van der Waals surface area (Å²) < 4.78 is 52.9. The van der Waals surface area contributed by atoms with Crippen LogP contribution in [0.3, 0.4) is 0 Å². The quantitative estimate of drug-likeness (QED) is 0.0248. The summed E-state index contributed by atoms with van der Waals surface area (Å²) in [5, 5.41) is 36.5. The molecule has 4 aromatic rings. The number of halogens is 1. The standard InChI is InChI=1S/C54H60FN3O13/c1-3-27-67-54-49(57(33-35-13-15-38(55)16-14-35)53(62)69-40-19-17-39(18-20-40)58(63)64)32-46(56-71-50-12-6-9-28-66-50)44-30-36(10-4-7-25-59)43(11-5-8-26-60)51(52(44)54)45-31-42(22-24-48(45)70-54)68-41-21-23-47(65-2)37(29-41)34-61/h3,13-24,29-31,34,36,43,49-52,59-60H,1,4-12,25-28,32-33H2,2H3/t36-,43+,49-,50?,51+,52+,54+/m0/s1. The molecule has 1 amide bonds. The Balaban J connectivity index is 1.34. The zero-order chi connectivity index (χ0) is 49.9. The van der Waals surface area contributed by atoms with Crippen LogP contribution in [0, 0.1) is 33.7 Å². The molecule has 0 spiro atoms. The summed E-state index contributed by atoms with van der Waals surface area (Å²) in [7, 11) is 1.48. The maximum Gasteiger partial charge on any atom is 0.416 e. The summed E-state index contributed by atoms with van der Waals surface area (Å²) in [5.74, 6) is -1.76. The lowest BCUT2D eigenvalue weighted by atomic mass is 9.55. The van der Waals surface area contributed by atoms with Gasteiger partial charge in [0.25, 0.3) is 5.69 Å². The monoisotopic (exact) mass is 977 g/mol. The van der Waals surface area contributed by atoms with Gasteiger partial charge in [0.05, 0.1) is 42.4 Å². The molecule has 2 aliphatic heterocycles. The lowest BCUT2D eigenvalue weighted by molar-refractivity contribution is -0.384. The van der Waals surface area contributed by atoms with Gasteiger partial charge in [-0.05, 0) is 122 Å². The summed E-state index contributed by atoms with van der Waals surface area (Å²) in [6.07, 6.45) is 9.40. The number of nitro groups is 1. The van der Waals surface area contributed by atoms with Crippen molar-refractivity contribution >= 4 is 23.8 Å². The fraction of sp³-hybridized carbons (Fsp3) is 0.426. The third kappa shape index (κ3) is 11.4. The predicted octanol–water partition coefficient (Wildman–Crippen LogP) is 10.2. The second-order valence-corrected chi connectivity index (χ2v) is 18.2. The number of aliphatic hydroxyl groups is 2. The van der Waals surface area contributed by atoms with Crippen LogP contribution in [0.25, 0.3) is 0 Å². The number of benzene rings is 4. The largest absolute Gasteiger partial charge is 0.496 e. The first-order chi connectivity index (χ1) is 34.6. The van der Waals surface area contributed by atoms with Crippen molar-refractivity contribution in [3.63, 3.8) is 0 Å². The van der Waals surface area contributed by atoms with E-state index in [0.29, 0.717) is 91.3 Å². The van der Waals surface area contributed by atoms with E-state index < -0.39 is 46.8 Å². The second-order valence-electron chi connectivity index (χ2n) is 18.2. The van der Waals surface area contributed by atoms with Gasteiger partial charge in [-0.3, -0.25) is 19.8 Å². The zero-order valence-electron chi connectivity index (χ0n) is 39.7. The summed E-state index contributed by atoms with van der Waals surface area (Å²) >= 11 is 0. The van der Waals surface area contributed by atoms with Crippen molar-refractivity contribution in [3.05, 3.63) is 142 Å². The van der Waals surface area contributed by atoms with Gasteiger partial charge in [-0.15, -0.1) is 6.58 Å². The average molecular weight is 978 g/mol. The van der Waals surface area contributed by atoms with Gasteiger partial charge in [0, 0.05) is 56.2 Å². The lowest BCUT2D eigenvalue weighted by Gasteiger charge is -2.59. The van der Waals surface area contributed by atoms with E-state index in [1.807, 2.05) is 6.07 Å². The molecule has 2 fully saturated rings. The van der Waals surface area contributed by atoms with Crippen LogP contribution in [0.15, 0.2) is 114 Å². The Labute approximate surface area is 411 Å². The number of oxime groups is 1. The molecule has 0 radical (unpaired) electrons. The number of nitrogens with zero attached hydrogens (tertiary/aromatic N) is 3. The maximum absolute atomic E-state index is 15.1. The molecule has 4 aliphatic rings. The van der Waals surface area contributed by atoms with Crippen LogP contribution in [-0.2, 0) is 20.9 Å². The summed E-state index contributed by atoms with van der Waals surface area (Å²) in [6.45, 7) is 4.41. The normalized spacial score (nSPS) is 23.8. The number of aliphatic hydroxyl groups excluding tert-OH is 2. The van der Waals surface area contributed by atoms with E-state index in [-0.39, 0.29) is 56.1 Å². The Bertz CT molecular complexity index is 2570. The van der Waals surface area contributed by atoms with Crippen LogP contribution in [-0.4, -0.2) is 89.8 Å². The number of nitro benzene ring substituents is 1. The summed E-state index contributed by atoms with van der Waals surface area (Å²) in [5.41, 5.74) is 2.76. The number of allylic oxidation sites excluding steroid dienone is 1. The summed E-state index contributed by atoms with van der Waals surface area (Å²) in [4.78, 5) is 45.9. The highest BCUT2D eigenvalue weighted by Gasteiger charge is 2.66. The van der Waals surface area contributed by atoms with E-state index in [2.05, 4.69) is 12.7 Å². The smallest absolute Gasteiger partial charge is 0.416 e. The minimum atomic E-state index is -1.70. The molecular formula is C54H60FN3O13. The molecule has 7 atom stereocenters. The van der Waals surface area contributed by atoms with Gasteiger partial charge < -0.3 is 43.5 Å². The van der Waals surface area contributed by atoms with E-state index >= 15 is 4.79 Å². The van der Waals surface area contributed by atoms with Crippen LogP contribution in [0.1, 0.15) is 91.6 Å². The van der Waals surface area contributed by atoms with Crippen LogP contribution >= 0.6 is 0 Å². The van der Waals surface area contributed by atoms with Crippen LogP contribution in [0.5, 0.6) is 28.7 Å². The van der Waals surface area contributed by atoms with E-state index in [9.17, 15) is 29.5 Å². The van der Waals surface area contributed by atoms with Crippen molar-refractivity contribution in [1.29, 1.82) is 0 Å². The molecule has 1 unspecified atom stereocenters. The highest BCUT2D eigenvalue weighted by molar-refractivity contribution is 6.03. The van der Waals surface area contributed by atoms with Gasteiger partial charge in [-0.2, -0.15) is 0 Å². The molecular weight excluding hydrogens is 918 g/mol. The van der Waals surface area contributed by atoms with Crippen molar-refractivity contribution in [2.45, 2.75) is 94.8 Å². The molecule has 1 saturated heterocycles. The number of amides is 1. The molecule has 0 aromatic heterocycles. The number of hydrogen-bond acceptors (Lipinski definition) is 14. The summed E-state index contributed by atoms with van der Waals surface area (Å²) in [6, 6.07) is 20.3. The van der Waals surface area contributed by atoms with Crippen LogP contribution in [0.4, 0.5) is 14.9 Å². The molecule has 71 heavy (non-hydrogen) atoms. The van der Waals surface area contributed by atoms with Gasteiger partial charge in [-0.1, -0.05) is 42.3 Å². The Morgan fingerprint density at radius 1 is 0.972 bits per heavy atom. The van der Waals surface area contributed by atoms with Crippen molar-refractivity contribution in [3.8, 4) is 28.7 Å². The van der Waals surface area contributed by atoms with Gasteiger partial charge in [0.1, 0.15) is 40.6 Å². The molecule has 4 aromatic carbocycles. The Morgan fingerprint density at radius 2 is 1.70 bits per heavy atom. The predicted molar refractivity (Wildman–Crippen MR) is 259 cm³/mol. The molecule has 17 heteroatoms. The van der Waals surface area contributed by atoms with Crippen molar-refractivity contribution < 1.29 is 62.4 Å². The number of carbonyl (C=O) groups excluding carboxylic acids is 2. The van der Waals surface area contributed by atoms with Crippen LogP contribution < -0.4 is 18.9 Å². The van der Waals surface area contributed by atoms with Gasteiger partial charge >= 0.3 is 6.09 Å². The number of methoxy groups -OCH3 is 1. The molecule has 1 saturated carbocycles. The number of rotatable bonds is 22. The maximum atomic E-state index is 15.1. The van der Waals surface area contributed by atoms with E-state index in [0.717, 1.165) is 30.4 Å². The molecule has 376 valence electrons. The van der Waals surface area contributed by atoms with Crippen molar-refractivity contribution in [2.75, 3.05) is 33.5 Å². The van der Waals surface area contributed by atoms with Crippen LogP contribution in [0.2, 0.25) is 0 Å². The van der Waals surface area contributed by atoms with E-state index in [1.54, 1.807) is 48.5 Å². The second kappa shape index (κ2) is 23.5. The molecule has 16 nitrogen and oxygen atoms in total. The Morgan fingerprint density at radius 3 is 2.39 bits per heavy atom. The first-order valence-corrected chi connectivity index (χ1v) is 24.2. The number of fused-ring (bicyclic) bond motifs is 2. The first kappa shape index (κ1) is 50.7. The minimum absolute atomic E-state index is 0.000462. The lowest BCUT2D eigenvalue weighted by Crippen LogP contribution is -2.70. The molecule has 0 bridgehead atoms. The Hall–Kier alpha value is -6.66. The third-order valence-corrected chi connectivity index (χ3v) is 13.8. The zero-order valence-corrected chi connectivity index (χ0v) is 39.7. The van der Waals surface area contributed by atoms with E-state index in [1.165, 1.54) is 48.4 Å². The molecule has 2 heterocycles. The molecule has 8 rings (SSSR count). The van der Waals surface area contributed by atoms with Gasteiger partial charge in [-0.25, -0.2) is 9.18 Å². The minimum Gasteiger partial charge on any atom is -0.496 e. The van der Waals surface area contributed by atoms with Gasteiger partial charge in [0.15, 0.2) is 6.29 Å². The number of aldehydes is 1. The third-order valence-electron chi connectivity index (χ3n) is 13.8. The topological polar surface area (TPSA) is 198 Å². The highest BCUT2D eigenvalue weighted by Crippen LogP contribution is 2.62. The number of unbranched alkanes of at least 4 members (excludes halogenated alkanes) is 2. The van der Waals surface area contributed by atoms with Gasteiger partial charge in [0.2, 0.25) is 12.1 Å². The van der Waals surface area contributed by atoms with Crippen molar-refractivity contribution in [1.82, 2.24) is 4.90 Å². The molecule has 2 N–H and O–H groups in total. The number of non-ortho nitro benzene ring substituents is 1. The fourth-order valence-corrected chi connectivity index (χ4v) is 10.5. The average Bonchev–Trinajstić information content (AvgIpc) is 3.38. The number of carbonyl (C=O) groups is 2. The van der Waals surface area contributed by atoms with Crippen molar-refractivity contribution in [2.24, 2.45) is 22.9 Å². The SMILES string of the molecule is C=CCO[C@@]12Oc3ccc(Oc4ccc(OC)c(C=O)c4)cc3[C@H]3[C@H](CCCCO)[C@@H](CCCCO)C=C(C(=NOC4CCCCO4)C[C@@H]1N(Cc1ccc(F)cc1)C(=O)Oc1ccc([N+](=O)[O-])cc1)[C@H]32. The number of hydrogen-bond donors (Lipinski definition) is 2. The fourth-order valence-electron chi connectivity index (χ4n) is 10.5. The highest BCUT2D eigenvalue weighted by atomic mass is 19.1. The Kier molecular flexibility index (Phi) is 16.8. The first-order valence-electron chi connectivity index (χ1n) is 24.2.